The summed E-state index contributed by atoms with van der Waals surface area (Å²) >= 11 is 3.66. The zero-order valence-corrected chi connectivity index (χ0v) is 11.4. The highest BCUT2D eigenvalue weighted by Gasteiger charge is 2.29. The molecule has 0 spiro atoms. The van der Waals surface area contributed by atoms with Crippen molar-refractivity contribution in [2.45, 2.75) is 38.5 Å². The Bertz CT molecular complexity index is 154. The van der Waals surface area contributed by atoms with Crippen LogP contribution in [0.25, 0.3) is 0 Å². The van der Waals surface area contributed by atoms with Gasteiger partial charge in [0.05, 0.1) is 19.8 Å². The van der Waals surface area contributed by atoms with Crippen molar-refractivity contribution in [1.82, 2.24) is 0 Å². The third-order valence-corrected chi connectivity index (χ3v) is 4.48. The molecular weight excluding hydrogens is 256 g/mol. The Morgan fingerprint density at radius 3 is 2.27 bits per heavy atom. The first-order valence-corrected chi connectivity index (χ1v) is 7.08. The smallest absolute Gasteiger partial charge is 0.0700 e. The summed E-state index contributed by atoms with van der Waals surface area (Å²) in [6.07, 6.45) is 8.13. The molecule has 3 heteroatoms. The zero-order valence-electron chi connectivity index (χ0n) is 9.77. The van der Waals surface area contributed by atoms with Gasteiger partial charge in [0.1, 0.15) is 0 Å². The molecule has 1 aliphatic carbocycles. The molecule has 0 aromatic heterocycles. The van der Waals surface area contributed by atoms with E-state index in [0.717, 1.165) is 18.5 Å². The van der Waals surface area contributed by atoms with Crippen LogP contribution in [0.15, 0.2) is 0 Å². The molecule has 0 aromatic carbocycles. The second-order valence-corrected chi connectivity index (χ2v) is 5.15. The maximum Gasteiger partial charge on any atom is 0.0700 e. The number of halogens is 1. The van der Waals surface area contributed by atoms with Crippen LogP contribution < -0.4 is 0 Å². The predicted molar refractivity (Wildman–Crippen MR) is 66.6 cm³/mol. The average Bonchev–Trinajstić information content (AvgIpc) is 2.51. The van der Waals surface area contributed by atoms with E-state index in [4.69, 9.17) is 9.47 Å². The van der Waals surface area contributed by atoms with Crippen LogP contribution in [-0.2, 0) is 9.47 Å². The van der Waals surface area contributed by atoms with Gasteiger partial charge in [-0.15, -0.1) is 0 Å². The molecule has 0 bridgehead atoms. The molecule has 1 saturated carbocycles. The molecule has 0 aliphatic heterocycles. The van der Waals surface area contributed by atoms with Gasteiger partial charge in [0.2, 0.25) is 0 Å². The summed E-state index contributed by atoms with van der Waals surface area (Å²) in [7, 11) is 1.72. The minimum absolute atomic E-state index is 0.393. The van der Waals surface area contributed by atoms with Crippen molar-refractivity contribution in [1.29, 1.82) is 0 Å². The van der Waals surface area contributed by atoms with E-state index >= 15 is 0 Å². The highest BCUT2D eigenvalue weighted by atomic mass is 79.9. The largest absolute Gasteiger partial charge is 0.382 e. The van der Waals surface area contributed by atoms with Gasteiger partial charge in [-0.25, -0.2) is 0 Å². The van der Waals surface area contributed by atoms with Crippen LogP contribution in [-0.4, -0.2) is 32.3 Å². The van der Waals surface area contributed by atoms with Crippen molar-refractivity contribution in [3.8, 4) is 0 Å². The standard InChI is InChI=1S/C12H23BrO2/c1-14-8-9-15-11-12(10-13)6-4-2-3-5-7-12/h2-11H2,1H3. The van der Waals surface area contributed by atoms with Crippen molar-refractivity contribution in [3.63, 3.8) is 0 Å². The molecule has 1 aliphatic rings. The quantitative estimate of drug-likeness (QED) is 0.421. The van der Waals surface area contributed by atoms with Crippen molar-refractivity contribution in [2.24, 2.45) is 5.41 Å². The zero-order chi connectivity index (χ0) is 11.0. The lowest BCUT2D eigenvalue weighted by molar-refractivity contribution is 0.0182. The minimum atomic E-state index is 0.393. The second kappa shape index (κ2) is 7.64. The van der Waals surface area contributed by atoms with Gasteiger partial charge in [-0.1, -0.05) is 41.6 Å². The van der Waals surface area contributed by atoms with Crippen LogP contribution in [0, 0.1) is 5.41 Å². The van der Waals surface area contributed by atoms with Gasteiger partial charge in [0.15, 0.2) is 0 Å². The first kappa shape index (κ1) is 13.5. The van der Waals surface area contributed by atoms with Gasteiger partial charge in [-0.3, -0.25) is 0 Å². The second-order valence-electron chi connectivity index (χ2n) is 4.59. The van der Waals surface area contributed by atoms with Crippen LogP contribution in [0.1, 0.15) is 38.5 Å². The highest BCUT2D eigenvalue weighted by Crippen LogP contribution is 2.36. The maximum atomic E-state index is 5.71. The molecule has 0 unspecified atom stereocenters. The highest BCUT2D eigenvalue weighted by molar-refractivity contribution is 9.09. The Hall–Kier alpha value is 0.400. The van der Waals surface area contributed by atoms with E-state index in [-0.39, 0.29) is 0 Å². The lowest BCUT2D eigenvalue weighted by Crippen LogP contribution is -2.29. The van der Waals surface area contributed by atoms with Crippen molar-refractivity contribution < 1.29 is 9.47 Å². The van der Waals surface area contributed by atoms with Crippen molar-refractivity contribution in [2.75, 3.05) is 32.3 Å². The van der Waals surface area contributed by atoms with Crippen molar-refractivity contribution in [3.05, 3.63) is 0 Å². The Balaban J connectivity index is 2.29. The van der Waals surface area contributed by atoms with E-state index in [0.29, 0.717) is 12.0 Å². The summed E-state index contributed by atoms with van der Waals surface area (Å²) in [5.74, 6) is 0. The van der Waals surface area contributed by atoms with Gasteiger partial charge in [0.25, 0.3) is 0 Å². The number of alkyl halides is 1. The third-order valence-electron chi connectivity index (χ3n) is 3.29. The fourth-order valence-electron chi connectivity index (χ4n) is 2.23. The summed E-state index contributed by atoms with van der Waals surface area (Å²) in [6, 6.07) is 0. The van der Waals surface area contributed by atoms with Gasteiger partial charge in [-0.05, 0) is 12.8 Å². The average molecular weight is 279 g/mol. The summed E-state index contributed by atoms with van der Waals surface area (Å²) < 4.78 is 10.7. The molecule has 15 heavy (non-hydrogen) atoms. The SMILES string of the molecule is COCCOCC1(CBr)CCCCCC1. The van der Waals surface area contributed by atoms with E-state index in [1.165, 1.54) is 38.5 Å². The van der Waals surface area contributed by atoms with Gasteiger partial charge < -0.3 is 9.47 Å². The number of methoxy groups -OCH3 is 1. The number of hydrogen-bond acceptors (Lipinski definition) is 2. The first-order chi connectivity index (χ1) is 7.33. The summed E-state index contributed by atoms with van der Waals surface area (Å²) in [5.41, 5.74) is 0.393. The minimum Gasteiger partial charge on any atom is -0.382 e. The van der Waals surface area contributed by atoms with Crippen LogP contribution in [0.5, 0.6) is 0 Å². The van der Waals surface area contributed by atoms with E-state index in [1.54, 1.807) is 7.11 Å². The molecule has 1 rings (SSSR count). The molecule has 0 heterocycles. The van der Waals surface area contributed by atoms with Gasteiger partial charge >= 0.3 is 0 Å². The van der Waals surface area contributed by atoms with E-state index in [1.807, 2.05) is 0 Å². The molecular formula is C12H23BrO2. The fourth-order valence-corrected chi connectivity index (χ4v) is 2.95. The van der Waals surface area contributed by atoms with Gasteiger partial charge in [0, 0.05) is 17.9 Å². The molecule has 0 N–H and O–H groups in total. The number of ether oxygens (including phenoxy) is 2. The predicted octanol–water partition coefficient (Wildman–Crippen LogP) is 3.38. The molecule has 0 amide bonds. The Kier molecular flexibility index (Phi) is 6.86. The summed E-state index contributed by atoms with van der Waals surface area (Å²) in [4.78, 5) is 0. The fraction of sp³-hybridized carbons (Fsp3) is 1.00. The van der Waals surface area contributed by atoms with Gasteiger partial charge in [-0.2, -0.15) is 0 Å². The first-order valence-electron chi connectivity index (χ1n) is 5.96. The lowest BCUT2D eigenvalue weighted by atomic mass is 9.83. The van der Waals surface area contributed by atoms with Crippen LogP contribution in [0.3, 0.4) is 0 Å². The van der Waals surface area contributed by atoms with E-state index in [2.05, 4.69) is 15.9 Å². The summed E-state index contributed by atoms with van der Waals surface area (Å²) in [5, 5.41) is 1.08. The molecule has 0 radical (unpaired) electrons. The Labute approximate surface area is 102 Å². The molecule has 0 saturated heterocycles. The monoisotopic (exact) mass is 278 g/mol. The van der Waals surface area contributed by atoms with E-state index in [9.17, 15) is 0 Å². The molecule has 0 aromatic rings. The van der Waals surface area contributed by atoms with Crippen LogP contribution in [0.2, 0.25) is 0 Å². The lowest BCUT2D eigenvalue weighted by Gasteiger charge is -2.30. The Morgan fingerprint density at radius 2 is 1.73 bits per heavy atom. The number of hydrogen-bond donors (Lipinski definition) is 0. The normalized spacial score (nSPS) is 21.2. The van der Waals surface area contributed by atoms with Crippen LogP contribution >= 0.6 is 15.9 Å². The Morgan fingerprint density at radius 1 is 1.07 bits per heavy atom. The molecule has 2 nitrogen and oxygen atoms in total. The molecule has 90 valence electrons. The third kappa shape index (κ3) is 4.83. The van der Waals surface area contributed by atoms with Crippen molar-refractivity contribution >= 4 is 15.9 Å². The number of rotatable bonds is 6. The topological polar surface area (TPSA) is 18.5 Å². The maximum absolute atomic E-state index is 5.71. The summed E-state index contributed by atoms with van der Waals surface area (Å²) in [6.45, 7) is 2.32. The van der Waals surface area contributed by atoms with Crippen LogP contribution in [0.4, 0.5) is 0 Å². The van der Waals surface area contributed by atoms with E-state index < -0.39 is 0 Å². The molecule has 0 atom stereocenters. The molecule has 1 fully saturated rings.